The number of hydrogen-bond donors (Lipinski definition) is 2. The molecule has 2 aromatic rings. The van der Waals surface area contributed by atoms with E-state index in [1.165, 1.54) is 29.2 Å². The van der Waals surface area contributed by atoms with E-state index in [9.17, 15) is 9.90 Å². The van der Waals surface area contributed by atoms with Crippen molar-refractivity contribution in [2.45, 2.75) is 0 Å². The third-order valence-corrected chi connectivity index (χ3v) is 3.15. The number of aromatic hydroxyl groups is 1. The first kappa shape index (κ1) is 19.6. The fourth-order valence-corrected chi connectivity index (χ4v) is 1.92. The zero-order valence-corrected chi connectivity index (χ0v) is 14.3. The van der Waals surface area contributed by atoms with E-state index in [1.807, 2.05) is 0 Å². The van der Waals surface area contributed by atoms with Gasteiger partial charge in [-0.25, -0.2) is 14.5 Å². The summed E-state index contributed by atoms with van der Waals surface area (Å²) in [7, 11) is 1.61. The maximum atomic E-state index is 10.8. The Bertz CT molecular complexity index is 705. The Morgan fingerprint density at radius 2 is 1.85 bits per heavy atom. The summed E-state index contributed by atoms with van der Waals surface area (Å²) in [6, 6.07) is 2.68. The number of rotatable bonds is 12. The Labute approximate surface area is 149 Å². The Morgan fingerprint density at radius 1 is 1.15 bits per heavy atom. The van der Waals surface area contributed by atoms with Gasteiger partial charge in [-0.3, -0.25) is 0 Å². The average Bonchev–Trinajstić information content (AvgIpc) is 3.10. The summed E-state index contributed by atoms with van der Waals surface area (Å²) < 4.78 is 22.0. The summed E-state index contributed by atoms with van der Waals surface area (Å²) in [5, 5.41) is 22.7. The van der Waals surface area contributed by atoms with E-state index in [0.29, 0.717) is 38.8 Å². The maximum absolute atomic E-state index is 10.8. The molecular weight excluding hydrogens is 346 g/mol. The van der Waals surface area contributed by atoms with E-state index in [-0.39, 0.29) is 23.9 Å². The van der Waals surface area contributed by atoms with Gasteiger partial charge in [-0.2, -0.15) is 5.10 Å². The number of nitrogens with zero attached hydrogens (tertiary/aromatic N) is 3. The third-order valence-electron chi connectivity index (χ3n) is 3.15. The molecule has 0 amide bonds. The van der Waals surface area contributed by atoms with Gasteiger partial charge in [0.25, 0.3) is 0 Å². The monoisotopic (exact) mass is 367 g/mol. The predicted molar refractivity (Wildman–Crippen MR) is 89.0 cm³/mol. The molecule has 142 valence electrons. The summed E-state index contributed by atoms with van der Waals surface area (Å²) in [5.41, 5.74) is -0.144. The Balaban J connectivity index is 1.74. The van der Waals surface area contributed by atoms with Gasteiger partial charge in [-0.15, -0.1) is 0 Å². The normalized spacial score (nSPS) is 10.8. The molecule has 0 aromatic carbocycles. The van der Waals surface area contributed by atoms with E-state index in [4.69, 9.17) is 24.1 Å². The van der Waals surface area contributed by atoms with E-state index >= 15 is 0 Å². The van der Waals surface area contributed by atoms with Gasteiger partial charge in [0, 0.05) is 19.4 Å². The van der Waals surface area contributed by atoms with E-state index < -0.39 is 5.97 Å². The van der Waals surface area contributed by atoms with Crippen LogP contribution in [0.25, 0.3) is 5.82 Å². The number of hydrogen-bond acceptors (Lipinski definition) is 8. The molecule has 0 atom stereocenters. The first-order valence-electron chi connectivity index (χ1n) is 7.87. The molecule has 10 heteroatoms. The number of carboxylic acid groups (broad SMARTS) is 1. The van der Waals surface area contributed by atoms with Gasteiger partial charge in [0.2, 0.25) is 0 Å². The molecule has 2 rings (SSSR count). The van der Waals surface area contributed by atoms with Gasteiger partial charge in [-0.1, -0.05) is 0 Å². The minimum Gasteiger partial charge on any atom is -0.504 e. The molecule has 0 radical (unpaired) electrons. The van der Waals surface area contributed by atoms with Gasteiger partial charge in [-0.05, 0) is 6.07 Å². The van der Waals surface area contributed by atoms with E-state index in [1.54, 1.807) is 7.11 Å². The molecule has 2 N–H and O–H groups in total. The van der Waals surface area contributed by atoms with Crippen LogP contribution in [0.2, 0.25) is 0 Å². The summed E-state index contributed by atoms with van der Waals surface area (Å²) in [6.07, 6.45) is 2.81. The number of carboxylic acids is 1. The summed E-state index contributed by atoms with van der Waals surface area (Å²) in [4.78, 5) is 14.9. The van der Waals surface area contributed by atoms with Crippen molar-refractivity contribution in [3.05, 3.63) is 30.2 Å². The van der Waals surface area contributed by atoms with Crippen LogP contribution in [-0.2, 0) is 14.2 Å². The molecule has 0 spiro atoms. The lowest BCUT2D eigenvalue weighted by atomic mass is 10.4. The van der Waals surface area contributed by atoms with Crippen LogP contribution in [0.3, 0.4) is 0 Å². The second-order valence-electron chi connectivity index (χ2n) is 5.03. The quantitative estimate of drug-likeness (QED) is 0.522. The van der Waals surface area contributed by atoms with Gasteiger partial charge in [0.05, 0.1) is 39.2 Å². The van der Waals surface area contributed by atoms with Crippen LogP contribution >= 0.6 is 0 Å². The van der Waals surface area contributed by atoms with Crippen LogP contribution in [0.5, 0.6) is 11.5 Å². The number of pyridine rings is 1. The first-order valence-corrected chi connectivity index (χ1v) is 7.87. The highest BCUT2D eigenvalue weighted by atomic mass is 16.6. The summed E-state index contributed by atoms with van der Waals surface area (Å²) >= 11 is 0. The molecule has 10 nitrogen and oxygen atoms in total. The molecule has 0 aliphatic carbocycles. The fourth-order valence-electron chi connectivity index (χ4n) is 1.92. The lowest BCUT2D eigenvalue weighted by Crippen LogP contribution is -2.12. The van der Waals surface area contributed by atoms with Gasteiger partial charge in [0.15, 0.2) is 17.3 Å². The van der Waals surface area contributed by atoms with Gasteiger partial charge in [0.1, 0.15) is 12.4 Å². The summed E-state index contributed by atoms with van der Waals surface area (Å²) in [6.45, 7) is 2.63. The number of aromatic nitrogens is 3. The van der Waals surface area contributed by atoms with Crippen molar-refractivity contribution in [2.24, 2.45) is 0 Å². The highest BCUT2D eigenvalue weighted by Crippen LogP contribution is 2.23. The van der Waals surface area contributed by atoms with Crippen molar-refractivity contribution in [1.82, 2.24) is 14.8 Å². The zero-order valence-electron chi connectivity index (χ0n) is 14.3. The molecule has 0 aliphatic heterocycles. The standard InChI is InChI=1S/C16H21N3O7/c1-23-4-5-24-6-7-25-8-9-26-12-10-14(20)15(17-11-12)19-3-2-13(18-19)16(21)22/h2-3,10-11,20H,4-9H2,1H3,(H,21,22). The van der Waals surface area contributed by atoms with Crippen molar-refractivity contribution in [1.29, 1.82) is 0 Å². The topological polar surface area (TPSA) is 125 Å². The summed E-state index contributed by atoms with van der Waals surface area (Å²) in [5.74, 6) is -0.881. The number of aromatic carboxylic acids is 1. The van der Waals surface area contributed by atoms with Crippen LogP contribution in [-0.4, -0.2) is 77.7 Å². The molecule has 0 aliphatic rings. The molecule has 0 saturated heterocycles. The number of methoxy groups -OCH3 is 1. The van der Waals surface area contributed by atoms with Crippen LogP contribution in [0.4, 0.5) is 0 Å². The fraction of sp³-hybridized carbons (Fsp3) is 0.438. The van der Waals surface area contributed by atoms with Gasteiger partial charge >= 0.3 is 5.97 Å². The number of carbonyl (C=O) groups is 1. The molecule has 0 saturated carbocycles. The Morgan fingerprint density at radius 3 is 2.46 bits per heavy atom. The number of ether oxygens (including phenoxy) is 4. The highest BCUT2D eigenvalue weighted by molar-refractivity contribution is 5.85. The van der Waals surface area contributed by atoms with Crippen LogP contribution < -0.4 is 4.74 Å². The van der Waals surface area contributed by atoms with Gasteiger partial charge < -0.3 is 29.2 Å². The molecule has 0 bridgehead atoms. The lowest BCUT2D eigenvalue weighted by Gasteiger charge is -2.09. The van der Waals surface area contributed by atoms with Crippen molar-refractivity contribution >= 4 is 5.97 Å². The predicted octanol–water partition coefficient (Wildman–Crippen LogP) is 0.729. The smallest absolute Gasteiger partial charge is 0.356 e. The second-order valence-corrected chi connectivity index (χ2v) is 5.03. The van der Waals surface area contributed by atoms with Crippen LogP contribution in [0.1, 0.15) is 10.5 Å². The average molecular weight is 367 g/mol. The third kappa shape index (κ3) is 5.99. The molecule has 26 heavy (non-hydrogen) atoms. The SMILES string of the molecule is COCCOCCOCCOc1cnc(-n2ccc(C(=O)O)n2)c(O)c1. The maximum Gasteiger partial charge on any atom is 0.356 e. The van der Waals surface area contributed by atoms with Crippen LogP contribution in [0.15, 0.2) is 24.5 Å². The van der Waals surface area contributed by atoms with E-state index in [0.717, 1.165) is 0 Å². The lowest BCUT2D eigenvalue weighted by molar-refractivity contribution is 0.0179. The van der Waals surface area contributed by atoms with E-state index in [2.05, 4.69) is 10.1 Å². The minimum atomic E-state index is -1.16. The van der Waals surface area contributed by atoms with Crippen molar-refractivity contribution in [3.8, 4) is 17.3 Å². The Kier molecular flexibility index (Phi) is 7.80. The molecule has 0 unspecified atom stereocenters. The highest BCUT2D eigenvalue weighted by Gasteiger charge is 2.12. The van der Waals surface area contributed by atoms with Crippen molar-refractivity contribution in [3.63, 3.8) is 0 Å². The second kappa shape index (κ2) is 10.3. The molecule has 2 aromatic heterocycles. The Hall–Kier alpha value is -2.69. The first-order chi connectivity index (χ1) is 12.6. The van der Waals surface area contributed by atoms with Crippen LogP contribution in [0, 0.1) is 0 Å². The van der Waals surface area contributed by atoms with Crippen molar-refractivity contribution < 1.29 is 34.0 Å². The largest absolute Gasteiger partial charge is 0.504 e. The molecule has 2 heterocycles. The molecule has 0 fully saturated rings. The zero-order chi connectivity index (χ0) is 18.8. The molecular formula is C16H21N3O7. The minimum absolute atomic E-state index is 0.106. The van der Waals surface area contributed by atoms with Crippen molar-refractivity contribution in [2.75, 3.05) is 46.8 Å².